The smallest absolute Gasteiger partial charge is 0.243 e. The number of sulfonamides is 1. The van der Waals surface area contributed by atoms with Crippen LogP contribution in [0.4, 0.5) is 0 Å². The second-order valence-electron chi connectivity index (χ2n) is 5.69. The van der Waals surface area contributed by atoms with E-state index in [-0.39, 0.29) is 17.2 Å². The molecule has 1 N–H and O–H groups in total. The molecule has 1 heterocycles. The van der Waals surface area contributed by atoms with E-state index in [1.807, 2.05) is 6.07 Å². The number of sulfone groups is 1. The van der Waals surface area contributed by atoms with Gasteiger partial charge < -0.3 is 5.11 Å². The molecule has 0 radical (unpaired) electrons. The third-order valence-electron chi connectivity index (χ3n) is 3.91. The van der Waals surface area contributed by atoms with E-state index in [0.29, 0.717) is 5.56 Å². The van der Waals surface area contributed by atoms with Crippen LogP contribution >= 0.6 is 0 Å². The average molecular weight is 347 g/mol. The lowest BCUT2D eigenvalue weighted by Gasteiger charge is -2.28. The summed E-state index contributed by atoms with van der Waals surface area (Å²) in [6.07, 6.45) is -1.19. The number of hydrogen-bond acceptors (Lipinski definition) is 5. The summed E-state index contributed by atoms with van der Waals surface area (Å²) < 4.78 is 50.3. The maximum atomic E-state index is 12.9. The van der Waals surface area contributed by atoms with Gasteiger partial charge in [-0.2, -0.15) is 4.31 Å². The minimum atomic E-state index is -3.86. The van der Waals surface area contributed by atoms with Crippen LogP contribution in [0.2, 0.25) is 0 Å². The van der Waals surface area contributed by atoms with Gasteiger partial charge in [0, 0.05) is 6.54 Å². The number of nitrogens with zero attached hydrogens (tertiary/aromatic N) is 1. The fourth-order valence-electron chi connectivity index (χ4n) is 2.78. The maximum Gasteiger partial charge on any atom is 0.243 e. The van der Waals surface area contributed by atoms with Gasteiger partial charge in [-0.05, 0) is 31.0 Å². The Morgan fingerprint density at radius 3 is 2.41 bits per heavy atom. The van der Waals surface area contributed by atoms with Crippen LogP contribution in [-0.4, -0.2) is 56.4 Å². The van der Waals surface area contributed by atoms with E-state index >= 15 is 0 Å². The van der Waals surface area contributed by atoms with Crippen molar-refractivity contribution in [3.63, 3.8) is 0 Å². The van der Waals surface area contributed by atoms with Gasteiger partial charge in [0.1, 0.15) is 0 Å². The molecular formula is C14H21NO5S2. The third kappa shape index (κ3) is 3.19. The van der Waals surface area contributed by atoms with Gasteiger partial charge in [-0.25, -0.2) is 16.8 Å². The summed E-state index contributed by atoms with van der Waals surface area (Å²) in [4.78, 5) is 0.158. The number of hydrogen-bond donors (Lipinski definition) is 1. The molecular weight excluding hydrogens is 326 g/mol. The van der Waals surface area contributed by atoms with E-state index < -0.39 is 37.8 Å². The minimum Gasteiger partial charge on any atom is -0.390 e. The first kappa shape index (κ1) is 17.4. The summed E-state index contributed by atoms with van der Waals surface area (Å²) in [5, 5.41) is 9.97. The largest absolute Gasteiger partial charge is 0.390 e. The number of likely N-dealkylation sites (N-methyl/N-ethyl adjacent to an activating group) is 1. The van der Waals surface area contributed by atoms with Crippen molar-refractivity contribution in [1.82, 2.24) is 4.31 Å². The Balaban J connectivity index is 2.48. The summed E-state index contributed by atoms with van der Waals surface area (Å²) in [6.45, 7) is 5.24. The molecule has 0 bridgehead atoms. The maximum absolute atomic E-state index is 12.9. The highest BCUT2D eigenvalue weighted by molar-refractivity contribution is 7.92. The number of aliphatic hydroxyl groups is 1. The summed E-state index contributed by atoms with van der Waals surface area (Å²) in [7, 11) is -7.28. The zero-order valence-corrected chi connectivity index (χ0v) is 14.5. The predicted molar refractivity (Wildman–Crippen MR) is 83.9 cm³/mol. The van der Waals surface area contributed by atoms with Crippen LogP contribution in [0.25, 0.3) is 0 Å². The van der Waals surface area contributed by atoms with E-state index in [4.69, 9.17) is 0 Å². The van der Waals surface area contributed by atoms with Crippen molar-refractivity contribution in [3.05, 3.63) is 29.3 Å². The molecule has 1 fully saturated rings. The molecule has 22 heavy (non-hydrogen) atoms. The lowest BCUT2D eigenvalue weighted by Crippen LogP contribution is -2.46. The van der Waals surface area contributed by atoms with Gasteiger partial charge >= 0.3 is 0 Å². The van der Waals surface area contributed by atoms with Gasteiger partial charge in [0.05, 0.1) is 28.5 Å². The van der Waals surface area contributed by atoms with Crippen LogP contribution in [0.1, 0.15) is 18.1 Å². The monoisotopic (exact) mass is 347 g/mol. The van der Waals surface area contributed by atoms with Crippen molar-refractivity contribution in [2.75, 3.05) is 18.1 Å². The first-order chi connectivity index (χ1) is 10.1. The number of benzene rings is 1. The Morgan fingerprint density at radius 1 is 1.27 bits per heavy atom. The Morgan fingerprint density at radius 2 is 1.91 bits per heavy atom. The zero-order valence-electron chi connectivity index (χ0n) is 12.9. The Labute approximate surface area is 131 Å². The van der Waals surface area contributed by atoms with Gasteiger partial charge in [0.25, 0.3) is 0 Å². The van der Waals surface area contributed by atoms with Gasteiger partial charge in [-0.1, -0.05) is 19.1 Å². The number of rotatable bonds is 4. The van der Waals surface area contributed by atoms with E-state index in [9.17, 15) is 21.9 Å². The third-order valence-corrected chi connectivity index (χ3v) is 7.75. The standard InChI is InChI=1S/C14H21NO5S2/c1-4-15(12-8-21(17,18)9-13(12)16)22(19,20)14-7-10(2)5-6-11(14)3/h5-7,12-13,16H,4,8-9H2,1-3H3/t12-,13+/m1/s1. The normalized spacial score (nSPS) is 24.8. The van der Waals surface area contributed by atoms with Crippen molar-refractivity contribution in [1.29, 1.82) is 0 Å². The first-order valence-electron chi connectivity index (χ1n) is 7.06. The number of aliphatic hydroxyl groups excluding tert-OH is 1. The van der Waals surface area contributed by atoms with Crippen molar-refractivity contribution in [2.45, 2.75) is 37.8 Å². The summed E-state index contributed by atoms with van der Waals surface area (Å²) in [5.74, 6) is -0.734. The van der Waals surface area contributed by atoms with Gasteiger partial charge in [0.15, 0.2) is 9.84 Å². The summed E-state index contributed by atoms with van der Waals surface area (Å²) in [5.41, 5.74) is 1.40. The zero-order chi connectivity index (χ0) is 16.7. The van der Waals surface area contributed by atoms with Crippen molar-refractivity contribution < 1.29 is 21.9 Å². The molecule has 1 saturated heterocycles. The first-order valence-corrected chi connectivity index (χ1v) is 10.3. The van der Waals surface area contributed by atoms with Crippen molar-refractivity contribution >= 4 is 19.9 Å². The van der Waals surface area contributed by atoms with Crippen LogP contribution in [-0.2, 0) is 19.9 Å². The highest BCUT2D eigenvalue weighted by Gasteiger charge is 2.44. The molecule has 6 nitrogen and oxygen atoms in total. The Kier molecular flexibility index (Phi) is 4.68. The molecule has 2 atom stereocenters. The van der Waals surface area contributed by atoms with E-state index in [1.165, 1.54) is 0 Å². The Bertz CT molecular complexity index is 770. The molecule has 2 rings (SSSR count). The minimum absolute atomic E-state index is 0.104. The van der Waals surface area contributed by atoms with Crippen molar-refractivity contribution in [2.24, 2.45) is 0 Å². The van der Waals surface area contributed by atoms with E-state index in [0.717, 1.165) is 9.87 Å². The highest BCUT2D eigenvalue weighted by atomic mass is 32.2. The SMILES string of the molecule is CCN([C@@H]1CS(=O)(=O)C[C@@H]1O)S(=O)(=O)c1cc(C)ccc1C. The van der Waals surface area contributed by atoms with Gasteiger partial charge in [-0.3, -0.25) is 0 Å². The van der Waals surface area contributed by atoms with Crippen LogP contribution < -0.4 is 0 Å². The molecule has 0 amide bonds. The molecule has 1 aromatic rings. The summed E-state index contributed by atoms with van der Waals surface area (Å²) >= 11 is 0. The average Bonchev–Trinajstić information content (AvgIpc) is 2.66. The molecule has 0 unspecified atom stereocenters. The number of aryl methyl sites for hydroxylation is 2. The Hall–Kier alpha value is -0.960. The van der Waals surface area contributed by atoms with E-state index in [1.54, 1.807) is 32.9 Å². The molecule has 124 valence electrons. The fourth-order valence-corrected chi connectivity index (χ4v) is 6.65. The van der Waals surface area contributed by atoms with Crippen LogP contribution in [0.15, 0.2) is 23.1 Å². The lowest BCUT2D eigenvalue weighted by molar-refractivity contribution is 0.130. The van der Waals surface area contributed by atoms with Gasteiger partial charge in [-0.15, -0.1) is 0 Å². The summed E-state index contributed by atoms with van der Waals surface area (Å²) in [6, 6.07) is 4.18. The molecule has 1 aromatic carbocycles. The van der Waals surface area contributed by atoms with Crippen LogP contribution in [0.5, 0.6) is 0 Å². The second-order valence-corrected chi connectivity index (χ2v) is 9.70. The van der Waals surface area contributed by atoms with Crippen LogP contribution in [0, 0.1) is 13.8 Å². The topological polar surface area (TPSA) is 91.8 Å². The molecule has 1 aliphatic rings. The quantitative estimate of drug-likeness (QED) is 0.855. The molecule has 0 aromatic heterocycles. The van der Waals surface area contributed by atoms with E-state index in [2.05, 4.69) is 0 Å². The molecule has 1 aliphatic heterocycles. The molecule has 0 saturated carbocycles. The fraction of sp³-hybridized carbons (Fsp3) is 0.571. The lowest BCUT2D eigenvalue weighted by atomic mass is 10.2. The second kappa shape index (κ2) is 5.92. The molecule has 0 spiro atoms. The molecule has 8 heteroatoms. The molecule has 0 aliphatic carbocycles. The van der Waals surface area contributed by atoms with Crippen LogP contribution in [0.3, 0.4) is 0 Å². The van der Waals surface area contributed by atoms with Gasteiger partial charge in [0.2, 0.25) is 10.0 Å². The van der Waals surface area contributed by atoms with Crippen molar-refractivity contribution in [3.8, 4) is 0 Å². The predicted octanol–water partition coefficient (Wildman–Crippen LogP) is 0.472. The highest BCUT2D eigenvalue weighted by Crippen LogP contribution is 2.27.